The molecule has 0 spiro atoms. The van der Waals surface area contributed by atoms with Crippen molar-refractivity contribution in [1.82, 2.24) is 4.31 Å². The number of nitrogens with zero attached hydrogens (tertiary/aromatic N) is 2. The van der Waals surface area contributed by atoms with Crippen molar-refractivity contribution in [3.8, 4) is 5.75 Å². The predicted molar refractivity (Wildman–Crippen MR) is 140 cm³/mol. The summed E-state index contributed by atoms with van der Waals surface area (Å²) in [5, 5.41) is 16.8. The van der Waals surface area contributed by atoms with Gasteiger partial charge >= 0.3 is 6.03 Å². The van der Waals surface area contributed by atoms with Gasteiger partial charge in [-0.2, -0.15) is 0 Å². The molecule has 2 N–H and O–H groups in total. The Morgan fingerprint density at radius 1 is 1.00 bits per heavy atom. The number of nitro benzene ring substituents is 1. The maximum atomic E-state index is 13.6. The highest BCUT2D eigenvalue weighted by Gasteiger charge is 2.31. The number of hydrogen-bond donors (Lipinski definition) is 3. The molecule has 0 aliphatic heterocycles. The molecular formula is C26H26N4O5S. The second kappa shape index (κ2) is 11.1. The summed E-state index contributed by atoms with van der Waals surface area (Å²) in [6.45, 7) is 0. The molecule has 186 valence electrons. The van der Waals surface area contributed by atoms with E-state index in [0.717, 1.165) is 41.2 Å². The highest BCUT2D eigenvalue weighted by molar-refractivity contribution is 7.78. The van der Waals surface area contributed by atoms with Gasteiger partial charge in [0.1, 0.15) is 11.8 Å². The molecule has 1 atom stereocenters. The first-order chi connectivity index (χ1) is 17.4. The van der Waals surface area contributed by atoms with E-state index in [1.165, 1.54) is 30.9 Å². The van der Waals surface area contributed by atoms with Gasteiger partial charge in [0, 0.05) is 17.8 Å². The Balaban J connectivity index is 1.62. The highest BCUT2D eigenvalue weighted by Crippen LogP contribution is 2.32. The number of thiol groups is 1. The molecule has 0 fully saturated rings. The van der Waals surface area contributed by atoms with Crippen molar-refractivity contribution >= 4 is 41.8 Å². The summed E-state index contributed by atoms with van der Waals surface area (Å²) in [5.74, 6) is -0.205. The van der Waals surface area contributed by atoms with Crippen LogP contribution in [-0.4, -0.2) is 28.3 Å². The molecule has 0 aromatic heterocycles. The van der Waals surface area contributed by atoms with Crippen molar-refractivity contribution < 1.29 is 19.2 Å². The number of urea groups is 1. The van der Waals surface area contributed by atoms with E-state index in [4.69, 9.17) is 4.74 Å². The number of rotatable bonds is 7. The number of aryl methyl sites for hydroxylation is 1. The first kappa shape index (κ1) is 25.1. The van der Waals surface area contributed by atoms with Crippen molar-refractivity contribution in [2.75, 3.05) is 17.7 Å². The lowest BCUT2D eigenvalue weighted by atomic mass is 9.90. The molecular weight excluding hydrogens is 480 g/mol. The summed E-state index contributed by atoms with van der Waals surface area (Å²) < 4.78 is 6.20. The number of hydrogen-bond acceptors (Lipinski definition) is 6. The molecule has 3 aromatic rings. The number of amides is 3. The third-order valence-corrected chi connectivity index (χ3v) is 6.52. The van der Waals surface area contributed by atoms with Crippen LogP contribution >= 0.6 is 12.8 Å². The number of carbonyl (C=O) groups is 2. The Hall–Kier alpha value is -4.05. The number of fused-ring (bicyclic) bond motifs is 1. The normalized spacial score (nSPS) is 13.2. The lowest BCUT2D eigenvalue weighted by molar-refractivity contribution is -0.384. The van der Waals surface area contributed by atoms with Crippen LogP contribution in [0.25, 0.3) is 0 Å². The Labute approximate surface area is 214 Å². The Morgan fingerprint density at radius 3 is 2.47 bits per heavy atom. The Kier molecular flexibility index (Phi) is 7.74. The van der Waals surface area contributed by atoms with Gasteiger partial charge in [0.15, 0.2) is 0 Å². The SMILES string of the molecule is COc1ccc([N+](=O)[O-])cc1NC(=O)N(S)C(C(=O)Nc1cccc2c1CCCC2)c1ccccc1. The van der Waals surface area contributed by atoms with Crippen LogP contribution in [0.2, 0.25) is 0 Å². The lowest BCUT2D eigenvalue weighted by Crippen LogP contribution is -2.38. The van der Waals surface area contributed by atoms with Crippen molar-refractivity contribution in [3.05, 3.63) is 93.5 Å². The summed E-state index contributed by atoms with van der Waals surface area (Å²) in [4.78, 5) is 37.4. The zero-order valence-corrected chi connectivity index (χ0v) is 20.5. The van der Waals surface area contributed by atoms with Gasteiger partial charge in [-0.25, -0.2) is 4.79 Å². The van der Waals surface area contributed by atoms with E-state index in [2.05, 4.69) is 29.5 Å². The van der Waals surface area contributed by atoms with Gasteiger partial charge in [-0.1, -0.05) is 55.3 Å². The molecule has 0 radical (unpaired) electrons. The van der Waals surface area contributed by atoms with Crippen molar-refractivity contribution in [2.24, 2.45) is 0 Å². The van der Waals surface area contributed by atoms with Gasteiger partial charge in [-0.3, -0.25) is 19.2 Å². The van der Waals surface area contributed by atoms with E-state index in [1.54, 1.807) is 24.3 Å². The number of nitrogens with one attached hydrogen (secondary N) is 2. The number of nitro groups is 1. The van der Waals surface area contributed by atoms with E-state index < -0.39 is 22.9 Å². The van der Waals surface area contributed by atoms with Gasteiger partial charge in [0.2, 0.25) is 0 Å². The van der Waals surface area contributed by atoms with Crippen LogP contribution < -0.4 is 15.4 Å². The van der Waals surface area contributed by atoms with Crippen LogP contribution in [0.15, 0.2) is 66.7 Å². The molecule has 10 heteroatoms. The molecule has 3 aromatic carbocycles. The van der Waals surface area contributed by atoms with Gasteiger partial charge in [-0.15, -0.1) is 0 Å². The van der Waals surface area contributed by atoms with Crippen molar-refractivity contribution in [1.29, 1.82) is 0 Å². The van der Waals surface area contributed by atoms with Crippen LogP contribution in [-0.2, 0) is 17.6 Å². The van der Waals surface area contributed by atoms with Crippen LogP contribution in [0.5, 0.6) is 5.75 Å². The molecule has 1 aliphatic rings. The minimum absolute atomic E-state index is 0.0834. The summed E-state index contributed by atoms with van der Waals surface area (Å²) in [6.07, 6.45) is 4.00. The van der Waals surface area contributed by atoms with Gasteiger partial charge in [-0.05, 0) is 54.5 Å². The maximum absolute atomic E-state index is 13.6. The topological polar surface area (TPSA) is 114 Å². The monoisotopic (exact) mass is 506 g/mol. The molecule has 0 bridgehead atoms. The fourth-order valence-electron chi connectivity index (χ4n) is 4.34. The van der Waals surface area contributed by atoms with Crippen LogP contribution in [0, 0.1) is 10.1 Å². The standard InChI is InChI=1S/C26H26N4O5S/c1-35-23-15-14-19(30(33)34)16-22(23)28-26(32)29(36)24(18-9-3-2-4-10-18)25(31)27-21-13-7-11-17-8-5-6-12-20(17)21/h2-4,7,9-11,13-16,24,36H,5-6,8,12H2,1H3,(H,27,31)(H,28,32). The number of benzene rings is 3. The van der Waals surface area contributed by atoms with E-state index in [1.807, 2.05) is 18.2 Å². The summed E-state index contributed by atoms with van der Waals surface area (Å²) in [7, 11) is 1.38. The minimum Gasteiger partial charge on any atom is -0.495 e. The number of non-ortho nitro benzene ring substituents is 1. The number of ether oxygens (including phenoxy) is 1. The second-order valence-electron chi connectivity index (χ2n) is 8.37. The van der Waals surface area contributed by atoms with Gasteiger partial charge < -0.3 is 15.4 Å². The number of carbonyl (C=O) groups excluding carboxylic acids is 2. The maximum Gasteiger partial charge on any atom is 0.332 e. The Morgan fingerprint density at radius 2 is 1.75 bits per heavy atom. The van der Waals surface area contributed by atoms with Crippen molar-refractivity contribution in [3.63, 3.8) is 0 Å². The molecule has 1 unspecified atom stereocenters. The zero-order valence-electron chi connectivity index (χ0n) is 19.6. The average Bonchev–Trinajstić information content (AvgIpc) is 2.89. The second-order valence-corrected chi connectivity index (χ2v) is 8.80. The van der Waals surface area contributed by atoms with E-state index in [9.17, 15) is 19.7 Å². The fourth-order valence-corrected chi connectivity index (χ4v) is 4.62. The van der Waals surface area contributed by atoms with E-state index in [-0.39, 0.29) is 17.1 Å². The van der Waals surface area contributed by atoms with Crippen LogP contribution in [0.1, 0.15) is 35.6 Å². The summed E-state index contributed by atoms with van der Waals surface area (Å²) in [6, 6.07) is 16.7. The molecule has 3 amide bonds. The number of anilines is 2. The quantitative estimate of drug-likeness (QED) is 0.221. The summed E-state index contributed by atoms with van der Waals surface area (Å²) in [5.41, 5.74) is 3.47. The van der Waals surface area contributed by atoms with E-state index in [0.29, 0.717) is 5.56 Å². The van der Waals surface area contributed by atoms with Crippen molar-refractivity contribution in [2.45, 2.75) is 31.7 Å². The third kappa shape index (κ3) is 5.44. The molecule has 0 heterocycles. The molecule has 0 saturated heterocycles. The fraction of sp³-hybridized carbons (Fsp3) is 0.231. The first-order valence-electron chi connectivity index (χ1n) is 11.5. The van der Waals surface area contributed by atoms with Gasteiger partial charge in [0.25, 0.3) is 11.6 Å². The highest BCUT2D eigenvalue weighted by atomic mass is 32.1. The predicted octanol–water partition coefficient (Wildman–Crippen LogP) is 5.54. The molecule has 1 aliphatic carbocycles. The zero-order chi connectivity index (χ0) is 25.7. The average molecular weight is 507 g/mol. The van der Waals surface area contributed by atoms with Gasteiger partial charge in [0.05, 0.1) is 17.7 Å². The lowest BCUT2D eigenvalue weighted by Gasteiger charge is -2.28. The smallest absolute Gasteiger partial charge is 0.332 e. The molecule has 36 heavy (non-hydrogen) atoms. The number of methoxy groups -OCH3 is 1. The first-order valence-corrected chi connectivity index (χ1v) is 11.9. The van der Waals surface area contributed by atoms with Crippen LogP contribution in [0.3, 0.4) is 0 Å². The molecule has 4 rings (SSSR count). The third-order valence-electron chi connectivity index (χ3n) is 6.11. The minimum atomic E-state index is -1.08. The molecule has 0 saturated carbocycles. The van der Waals surface area contributed by atoms with E-state index >= 15 is 0 Å². The Bertz CT molecular complexity index is 1280. The van der Waals surface area contributed by atoms with Crippen LogP contribution in [0.4, 0.5) is 21.9 Å². The summed E-state index contributed by atoms with van der Waals surface area (Å²) >= 11 is 4.38. The molecule has 9 nitrogen and oxygen atoms in total. The largest absolute Gasteiger partial charge is 0.495 e.